The maximum absolute atomic E-state index is 12.9. The monoisotopic (exact) mass is 430 g/mol. The quantitative estimate of drug-likeness (QED) is 0.692. The zero-order valence-electron chi connectivity index (χ0n) is 17.6. The smallest absolute Gasteiger partial charge is 0.255 e. The van der Waals surface area contributed by atoms with Gasteiger partial charge in [-0.15, -0.1) is 0 Å². The van der Waals surface area contributed by atoms with E-state index in [4.69, 9.17) is 4.74 Å². The first-order valence-electron chi connectivity index (χ1n) is 10.6. The van der Waals surface area contributed by atoms with Crippen LogP contribution in [0.4, 0.5) is 5.69 Å². The van der Waals surface area contributed by atoms with Crippen molar-refractivity contribution in [3.05, 3.63) is 54.1 Å². The molecule has 0 aliphatic carbocycles. The lowest BCUT2D eigenvalue weighted by atomic mass is 10.2. The number of nitrogens with one attached hydrogen (secondary N) is 1. The number of nitrogens with zero attached hydrogens (tertiary/aromatic N) is 1. The molecular weight excluding hydrogens is 400 g/mol. The third-order valence-corrected chi connectivity index (χ3v) is 7.24. The Labute approximate surface area is 179 Å². The average molecular weight is 431 g/mol. The number of ether oxygens (including phenoxy) is 1. The van der Waals surface area contributed by atoms with Crippen molar-refractivity contribution >= 4 is 21.6 Å². The summed E-state index contributed by atoms with van der Waals surface area (Å²) < 4.78 is 33.1. The summed E-state index contributed by atoms with van der Waals surface area (Å²) in [6.45, 7) is 5.15. The molecule has 30 heavy (non-hydrogen) atoms. The van der Waals surface area contributed by atoms with E-state index in [0.717, 1.165) is 32.1 Å². The van der Waals surface area contributed by atoms with E-state index >= 15 is 0 Å². The molecule has 1 amide bonds. The van der Waals surface area contributed by atoms with Crippen molar-refractivity contribution in [1.82, 2.24) is 4.31 Å². The SMILES string of the molecule is CCC(C)Oc1cccc(C(=O)Nc2ccc(S(=O)(=O)N3CCCCCC3)cc2)c1. The van der Waals surface area contributed by atoms with Gasteiger partial charge in [0.25, 0.3) is 5.91 Å². The van der Waals surface area contributed by atoms with Gasteiger partial charge in [0.2, 0.25) is 10.0 Å². The summed E-state index contributed by atoms with van der Waals surface area (Å²) in [5.41, 5.74) is 1.03. The zero-order valence-corrected chi connectivity index (χ0v) is 18.5. The van der Waals surface area contributed by atoms with E-state index in [2.05, 4.69) is 5.32 Å². The second-order valence-corrected chi connectivity index (χ2v) is 9.60. The molecule has 1 saturated heterocycles. The van der Waals surface area contributed by atoms with Crippen LogP contribution in [0, 0.1) is 0 Å². The van der Waals surface area contributed by atoms with Gasteiger partial charge < -0.3 is 10.1 Å². The summed E-state index contributed by atoms with van der Waals surface area (Å²) in [5.74, 6) is 0.378. The highest BCUT2D eigenvalue weighted by Gasteiger charge is 2.25. The molecule has 1 fully saturated rings. The Morgan fingerprint density at radius 2 is 1.73 bits per heavy atom. The Hall–Kier alpha value is -2.38. The predicted octanol–water partition coefficient (Wildman–Crippen LogP) is 4.68. The first-order valence-corrected chi connectivity index (χ1v) is 12.0. The Kier molecular flexibility index (Phi) is 7.50. The zero-order chi connectivity index (χ0) is 21.6. The topological polar surface area (TPSA) is 75.7 Å². The lowest BCUT2D eigenvalue weighted by Crippen LogP contribution is -2.31. The summed E-state index contributed by atoms with van der Waals surface area (Å²) in [5, 5.41) is 2.82. The molecule has 0 saturated carbocycles. The number of sulfonamides is 1. The molecule has 6 nitrogen and oxygen atoms in total. The number of carbonyl (C=O) groups is 1. The molecular formula is C23H30N2O4S. The normalized spacial score (nSPS) is 16.5. The minimum Gasteiger partial charge on any atom is -0.491 e. The van der Waals surface area contributed by atoms with E-state index in [0.29, 0.717) is 30.1 Å². The van der Waals surface area contributed by atoms with Crippen LogP contribution < -0.4 is 10.1 Å². The highest BCUT2D eigenvalue weighted by atomic mass is 32.2. The van der Waals surface area contributed by atoms with Crippen molar-refractivity contribution < 1.29 is 17.9 Å². The number of benzene rings is 2. The van der Waals surface area contributed by atoms with Gasteiger partial charge >= 0.3 is 0 Å². The van der Waals surface area contributed by atoms with Crippen LogP contribution in [-0.2, 0) is 10.0 Å². The number of hydrogen-bond acceptors (Lipinski definition) is 4. The molecule has 1 atom stereocenters. The van der Waals surface area contributed by atoms with Crippen molar-refractivity contribution in [3.63, 3.8) is 0 Å². The molecule has 1 heterocycles. The lowest BCUT2D eigenvalue weighted by Gasteiger charge is -2.20. The number of amides is 1. The van der Waals surface area contributed by atoms with Crippen LogP contribution in [0.5, 0.6) is 5.75 Å². The molecule has 3 rings (SSSR count). The van der Waals surface area contributed by atoms with Crippen LogP contribution in [0.1, 0.15) is 56.3 Å². The van der Waals surface area contributed by atoms with Crippen LogP contribution in [0.25, 0.3) is 0 Å². The highest BCUT2D eigenvalue weighted by Crippen LogP contribution is 2.22. The predicted molar refractivity (Wildman–Crippen MR) is 118 cm³/mol. The van der Waals surface area contributed by atoms with Crippen LogP contribution in [0.15, 0.2) is 53.4 Å². The van der Waals surface area contributed by atoms with E-state index in [-0.39, 0.29) is 16.9 Å². The molecule has 0 spiro atoms. The maximum Gasteiger partial charge on any atom is 0.255 e. The van der Waals surface area contributed by atoms with Crippen molar-refractivity contribution in [3.8, 4) is 5.75 Å². The summed E-state index contributed by atoms with van der Waals surface area (Å²) in [6.07, 6.45) is 4.88. The third kappa shape index (κ3) is 5.61. The third-order valence-electron chi connectivity index (χ3n) is 5.32. The largest absolute Gasteiger partial charge is 0.491 e. The minimum atomic E-state index is -3.50. The van der Waals surface area contributed by atoms with Crippen LogP contribution in [0.3, 0.4) is 0 Å². The molecule has 1 aliphatic heterocycles. The molecule has 2 aromatic carbocycles. The van der Waals surface area contributed by atoms with Gasteiger partial charge in [0, 0.05) is 24.3 Å². The molecule has 0 aromatic heterocycles. The first kappa shape index (κ1) is 22.3. The molecule has 7 heteroatoms. The van der Waals surface area contributed by atoms with Gasteiger partial charge in [-0.3, -0.25) is 4.79 Å². The van der Waals surface area contributed by atoms with Gasteiger partial charge in [0.1, 0.15) is 5.75 Å². The van der Waals surface area contributed by atoms with E-state index < -0.39 is 10.0 Å². The Morgan fingerprint density at radius 1 is 1.07 bits per heavy atom. The van der Waals surface area contributed by atoms with Crippen LogP contribution in [0.2, 0.25) is 0 Å². The van der Waals surface area contributed by atoms with E-state index in [1.807, 2.05) is 19.9 Å². The van der Waals surface area contributed by atoms with E-state index in [1.165, 1.54) is 0 Å². The van der Waals surface area contributed by atoms with Gasteiger partial charge in [-0.05, 0) is 68.7 Å². The Bertz CT molecular complexity index is 949. The Balaban J connectivity index is 1.68. The van der Waals surface area contributed by atoms with Crippen molar-refractivity contribution in [2.45, 2.75) is 57.0 Å². The van der Waals surface area contributed by atoms with Crippen molar-refractivity contribution in [2.24, 2.45) is 0 Å². The van der Waals surface area contributed by atoms with Gasteiger partial charge in [0.05, 0.1) is 11.0 Å². The first-order chi connectivity index (χ1) is 14.4. The highest BCUT2D eigenvalue weighted by molar-refractivity contribution is 7.89. The number of anilines is 1. The lowest BCUT2D eigenvalue weighted by molar-refractivity contribution is 0.102. The van der Waals surface area contributed by atoms with Gasteiger partial charge in [-0.25, -0.2) is 8.42 Å². The summed E-state index contributed by atoms with van der Waals surface area (Å²) in [7, 11) is -3.50. The Morgan fingerprint density at radius 3 is 2.37 bits per heavy atom. The summed E-state index contributed by atoms with van der Waals surface area (Å²) >= 11 is 0. The molecule has 162 valence electrons. The second kappa shape index (κ2) is 10.1. The number of rotatable bonds is 7. The van der Waals surface area contributed by atoms with Crippen molar-refractivity contribution in [2.75, 3.05) is 18.4 Å². The number of carbonyl (C=O) groups excluding carboxylic acids is 1. The van der Waals surface area contributed by atoms with Crippen LogP contribution >= 0.6 is 0 Å². The second-order valence-electron chi connectivity index (χ2n) is 7.66. The molecule has 2 aromatic rings. The fourth-order valence-corrected chi connectivity index (χ4v) is 4.89. The summed E-state index contributed by atoms with van der Waals surface area (Å²) in [4.78, 5) is 12.9. The van der Waals surface area contributed by atoms with Gasteiger partial charge in [-0.1, -0.05) is 25.8 Å². The maximum atomic E-state index is 12.9. The van der Waals surface area contributed by atoms with Crippen molar-refractivity contribution in [1.29, 1.82) is 0 Å². The molecule has 1 aliphatic rings. The molecule has 0 radical (unpaired) electrons. The minimum absolute atomic E-state index is 0.0713. The van der Waals surface area contributed by atoms with Gasteiger partial charge in [0.15, 0.2) is 0 Å². The molecule has 1 N–H and O–H groups in total. The summed E-state index contributed by atoms with van der Waals surface area (Å²) in [6, 6.07) is 13.4. The van der Waals surface area contributed by atoms with Crippen LogP contribution in [-0.4, -0.2) is 37.8 Å². The number of hydrogen-bond donors (Lipinski definition) is 1. The van der Waals surface area contributed by atoms with Gasteiger partial charge in [-0.2, -0.15) is 4.31 Å². The van der Waals surface area contributed by atoms with E-state index in [1.54, 1.807) is 46.8 Å². The molecule has 0 bridgehead atoms. The standard InChI is InChI=1S/C23H30N2O4S/c1-3-18(2)29-21-10-8-9-19(17-21)23(26)24-20-11-13-22(14-12-20)30(27,28)25-15-6-4-5-7-16-25/h8-14,17-18H,3-7,15-16H2,1-2H3,(H,24,26). The molecule has 1 unspecified atom stereocenters. The van der Waals surface area contributed by atoms with E-state index in [9.17, 15) is 13.2 Å². The fourth-order valence-electron chi connectivity index (χ4n) is 3.37. The fraction of sp³-hybridized carbons (Fsp3) is 0.435. The average Bonchev–Trinajstić information content (AvgIpc) is 3.04.